The lowest BCUT2D eigenvalue weighted by molar-refractivity contribution is 0.240. The highest BCUT2D eigenvalue weighted by atomic mass is 32.1. The number of anilines is 2. The standard InChI is InChI=1S/C35H32N10OS/c1-44-22-28(20-40-44)25-9-14-32(37-18-25)45(35(46)39-17-23-5-3-2-4-6-23)30-12-10-29(11-13-30)42-34-38-19-27(16-36)33(43-34)24-7-8-26-21-41-47-31(26)15-24/h2-9,14-15,18-22,29-30H,10-13,17H2,1H3,(H,39,46)(H,38,42,43). The molecule has 1 saturated carbocycles. The summed E-state index contributed by atoms with van der Waals surface area (Å²) in [5.41, 5.74) is 4.80. The lowest BCUT2D eigenvalue weighted by Gasteiger charge is -2.36. The van der Waals surface area contributed by atoms with Crippen molar-refractivity contribution < 1.29 is 4.79 Å². The van der Waals surface area contributed by atoms with Gasteiger partial charge in [0, 0.05) is 66.3 Å². The summed E-state index contributed by atoms with van der Waals surface area (Å²) in [5, 5.41) is 21.7. The van der Waals surface area contributed by atoms with E-state index in [4.69, 9.17) is 9.97 Å². The summed E-state index contributed by atoms with van der Waals surface area (Å²) in [5.74, 6) is 1.09. The van der Waals surface area contributed by atoms with E-state index in [0.29, 0.717) is 29.6 Å². The molecule has 2 N–H and O–H groups in total. The number of nitrogens with zero attached hydrogens (tertiary/aromatic N) is 8. The van der Waals surface area contributed by atoms with E-state index in [-0.39, 0.29) is 18.1 Å². The second-order valence-electron chi connectivity index (χ2n) is 11.6. The molecule has 11 nitrogen and oxygen atoms in total. The van der Waals surface area contributed by atoms with Gasteiger partial charge in [0.25, 0.3) is 0 Å². The molecule has 0 atom stereocenters. The van der Waals surface area contributed by atoms with Gasteiger partial charge in [-0.3, -0.25) is 9.58 Å². The van der Waals surface area contributed by atoms with Gasteiger partial charge in [-0.05, 0) is 61.0 Å². The van der Waals surface area contributed by atoms with Crippen LogP contribution in [0.5, 0.6) is 0 Å². The number of amides is 2. The quantitative estimate of drug-likeness (QED) is 0.191. The van der Waals surface area contributed by atoms with Gasteiger partial charge in [-0.25, -0.2) is 19.7 Å². The summed E-state index contributed by atoms with van der Waals surface area (Å²) in [6.45, 7) is 0.426. The van der Waals surface area contributed by atoms with Crippen LogP contribution in [-0.2, 0) is 13.6 Å². The molecule has 2 amide bonds. The molecule has 4 heterocycles. The topological polar surface area (TPSA) is 138 Å². The van der Waals surface area contributed by atoms with Crippen molar-refractivity contribution in [1.82, 2.24) is 34.4 Å². The molecule has 0 unspecified atom stereocenters. The molecule has 234 valence electrons. The van der Waals surface area contributed by atoms with Crippen molar-refractivity contribution in [2.24, 2.45) is 7.05 Å². The van der Waals surface area contributed by atoms with Gasteiger partial charge >= 0.3 is 6.03 Å². The SMILES string of the molecule is Cn1cc(-c2ccc(N(C(=O)NCc3ccccc3)C3CCC(Nc4ncc(C#N)c(-c5ccc6cnsc6c5)n4)CC3)nc2)cn1. The van der Waals surface area contributed by atoms with Gasteiger partial charge in [0.1, 0.15) is 11.9 Å². The molecule has 1 fully saturated rings. The van der Waals surface area contributed by atoms with Crippen molar-refractivity contribution in [1.29, 1.82) is 5.26 Å². The molecule has 6 aromatic rings. The van der Waals surface area contributed by atoms with E-state index in [9.17, 15) is 10.1 Å². The summed E-state index contributed by atoms with van der Waals surface area (Å²) < 4.78 is 7.05. The number of benzene rings is 2. The van der Waals surface area contributed by atoms with Gasteiger partial charge in [-0.1, -0.05) is 42.5 Å². The first-order chi connectivity index (χ1) is 23.0. The van der Waals surface area contributed by atoms with Gasteiger partial charge in [-0.15, -0.1) is 0 Å². The van der Waals surface area contributed by atoms with Crippen LogP contribution in [0.15, 0.2) is 91.6 Å². The molecule has 7 rings (SSSR count). The second kappa shape index (κ2) is 13.4. The highest BCUT2D eigenvalue weighted by molar-refractivity contribution is 7.13. The van der Waals surface area contributed by atoms with Gasteiger partial charge in [0.05, 0.1) is 28.4 Å². The number of rotatable bonds is 8. The minimum absolute atomic E-state index is 0.0378. The Morgan fingerprint density at radius 1 is 0.979 bits per heavy atom. The number of pyridine rings is 1. The smallest absolute Gasteiger partial charge is 0.323 e. The van der Waals surface area contributed by atoms with Crippen LogP contribution in [0.2, 0.25) is 0 Å². The Labute approximate surface area is 276 Å². The third-order valence-electron chi connectivity index (χ3n) is 8.47. The molecule has 0 bridgehead atoms. The van der Waals surface area contributed by atoms with Crippen LogP contribution in [-0.4, -0.2) is 47.2 Å². The van der Waals surface area contributed by atoms with Crippen LogP contribution in [0, 0.1) is 11.3 Å². The molecule has 12 heteroatoms. The first-order valence-electron chi connectivity index (χ1n) is 15.5. The first kappa shape index (κ1) is 30.0. The second-order valence-corrected chi connectivity index (χ2v) is 12.5. The molecular weight excluding hydrogens is 609 g/mol. The van der Waals surface area contributed by atoms with Crippen molar-refractivity contribution in [2.75, 3.05) is 10.2 Å². The molecule has 0 saturated heterocycles. The van der Waals surface area contributed by atoms with Gasteiger partial charge < -0.3 is 10.6 Å². The van der Waals surface area contributed by atoms with E-state index < -0.39 is 0 Å². The summed E-state index contributed by atoms with van der Waals surface area (Å²) in [6, 6.07) is 21.9. The van der Waals surface area contributed by atoms with Crippen molar-refractivity contribution in [2.45, 2.75) is 44.3 Å². The zero-order valence-corrected chi connectivity index (χ0v) is 26.6. The maximum absolute atomic E-state index is 13.7. The van der Waals surface area contributed by atoms with E-state index in [0.717, 1.165) is 58.0 Å². The number of carbonyl (C=O) groups is 1. The molecule has 0 radical (unpaired) electrons. The average molecular weight is 641 g/mol. The fourth-order valence-electron chi connectivity index (χ4n) is 6.01. The van der Waals surface area contributed by atoms with Crippen LogP contribution in [0.3, 0.4) is 0 Å². The summed E-state index contributed by atoms with van der Waals surface area (Å²) in [4.78, 5) is 29.5. The summed E-state index contributed by atoms with van der Waals surface area (Å²) in [6.07, 6.45) is 12.1. The van der Waals surface area contributed by atoms with Gasteiger partial charge in [-0.2, -0.15) is 14.7 Å². The number of hydrogen-bond acceptors (Lipinski definition) is 9. The third kappa shape index (κ3) is 6.66. The number of aromatic nitrogens is 6. The fourth-order valence-corrected chi connectivity index (χ4v) is 6.69. The Kier molecular flexibility index (Phi) is 8.53. The van der Waals surface area contributed by atoms with Crippen LogP contribution in [0.4, 0.5) is 16.6 Å². The Morgan fingerprint density at radius 3 is 2.55 bits per heavy atom. The maximum atomic E-state index is 13.7. The Bertz CT molecular complexity index is 2040. The van der Waals surface area contributed by atoms with E-state index in [2.05, 4.69) is 31.2 Å². The van der Waals surface area contributed by atoms with Crippen molar-refractivity contribution in [3.05, 3.63) is 103 Å². The molecular formula is C35H32N10OS. The predicted molar refractivity (Wildman–Crippen MR) is 183 cm³/mol. The van der Waals surface area contributed by atoms with Crippen molar-refractivity contribution in [3.8, 4) is 28.5 Å². The highest BCUT2D eigenvalue weighted by Crippen LogP contribution is 2.31. The van der Waals surface area contributed by atoms with Gasteiger partial charge in [0.2, 0.25) is 5.95 Å². The Balaban J connectivity index is 1.07. The van der Waals surface area contributed by atoms with Crippen LogP contribution in [0.25, 0.3) is 32.5 Å². The lowest BCUT2D eigenvalue weighted by atomic mass is 9.90. The number of carbonyl (C=O) groups excluding carboxylic acids is 1. The molecule has 2 aromatic carbocycles. The fraction of sp³-hybridized carbons (Fsp3) is 0.229. The van der Waals surface area contributed by atoms with Crippen molar-refractivity contribution in [3.63, 3.8) is 0 Å². The zero-order chi connectivity index (χ0) is 32.2. The maximum Gasteiger partial charge on any atom is 0.323 e. The summed E-state index contributed by atoms with van der Waals surface area (Å²) in [7, 11) is 1.88. The normalized spacial score (nSPS) is 16.0. The third-order valence-corrected chi connectivity index (χ3v) is 9.23. The number of fused-ring (bicyclic) bond motifs is 1. The van der Waals surface area contributed by atoms with Crippen LogP contribution < -0.4 is 15.5 Å². The molecule has 1 aliphatic carbocycles. The van der Waals surface area contributed by atoms with E-state index >= 15 is 0 Å². The predicted octanol–water partition coefficient (Wildman–Crippen LogP) is 6.56. The van der Waals surface area contributed by atoms with E-state index in [1.54, 1.807) is 28.2 Å². The molecule has 0 spiro atoms. The number of aryl methyl sites for hydroxylation is 1. The number of hydrogen-bond donors (Lipinski definition) is 2. The Morgan fingerprint density at radius 2 is 1.81 bits per heavy atom. The van der Waals surface area contributed by atoms with Crippen LogP contribution in [0.1, 0.15) is 36.8 Å². The molecule has 0 aliphatic heterocycles. The minimum Gasteiger partial charge on any atom is -0.351 e. The zero-order valence-electron chi connectivity index (χ0n) is 25.7. The van der Waals surface area contributed by atoms with Crippen LogP contribution >= 0.6 is 11.5 Å². The molecule has 4 aromatic heterocycles. The van der Waals surface area contributed by atoms with Gasteiger partial charge in [0.15, 0.2) is 0 Å². The number of nitrogens with one attached hydrogen (secondary N) is 2. The highest BCUT2D eigenvalue weighted by Gasteiger charge is 2.31. The number of nitriles is 1. The molecule has 1 aliphatic rings. The average Bonchev–Trinajstić information content (AvgIpc) is 3.77. The lowest BCUT2D eigenvalue weighted by Crippen LogP contribution is -2.49. The summed E-state index contributed by atoms with van der Waals surface area (Å²) >= 11 is 1.42. The van der Waals surface area contributed by atoms with E-state index in [1.807, 2.05) is 80.1 Å². The van der Waals surface area contributed by atoms with E-state index in [1.165, 1.54) is 11.5 Å². The Hall–Kier alpha value is -5.67. The van der Waals surface area contributed by atoms with Crippen molar-refractivity contribution >= 4 is 39.4 Å². The minimum atomic E-state index is -0.176. The largest absolute Gasteiger partial charge is 0.351 e. The first-order valence-corrected chi connectivity index (χ1v) is 16.3. The monoisotopic (exact) mass is 640 g/mol. The number of urea groups is 1. The molecule has 47 heavy (non-hydrogen) atoms.